The summed E-state index contributed by atoms with van der Waals surface area (Å²) < 4.78 is 71.5. The van der Waals surface area contributed by atoms with E-state index in [2.05, 4.69) is 117 Å². The van der Waals surface area contributed by atoms with Crippen molar-refractivity contribution in [2.24, 2.45) is 0 Å². The quantitative estimate of drug-likeness (QED) is 0.107. The molecule has 6 nitrogen and oxygen atoms in total. The van der Waals surface area contributed by atoms with Gasteiger partial charge in [0, 0.05) is 49.5 Å². The van der Waals surface area contributed by atoms with Gasteiger partial charge in [0.2, 0.25) is 0 Å². The van der Waals surface area contributed by atoms with Crippen LogP contribution in [0.25, 0.3) is 134 Å². The maximum absolute atomic E-state index is 17.1. The summed E-state index contributed by atoms with van der Waals surface area (Å²) in [4.78, 5) is 18.6. The van der Waals surface area contributed by atoms with Crippen LogP contribution in [0.15, 0.2) is 243 Å². The van der Waals surface area contributed by atoms with E-state index in [1.807, 2.05) is 60.7 Å². The third kappa shape index (κ3) is 7.72. The summed E-state index contributed by atoms with van der Waals surface area (Å²) in [5.74, 6) is -6.90. The number of rotatable bonds is 9. The number of nitrogens with zero attached hydrogens (tertiary/aromatic N) is 6. The number of benzene rings is 10. The van der Waals surface area contributed by atoms with E-state index in [1.54, 1.807) is 84.9 Å². The van der Waals surface area contributed by atoms with E-state index in [9.17, 15) is 0 Å². The monoisotopic (exact) mass is 1020 g/mol. The number of fused-ring (bicyclic) bond motifs is 6. The molecule has 0 spiro atoms. The lowest BCUT2D eigenvalue weighted by molar-refractivity contribution is 0.453. The number of halogens is 4. The number of pyridine rings is 1. The van der Waals surface area contributed by atoms with Crippen LogP contribution >= 0.6 is 0 Å². The van der Waals surface area contributed by atoms with E-state index in [0.717, 1.165) is 61.5 Å². The molecule has 10 heteroatoms. The molecule has 14 rings (SSSR count). The summed E-state index contributed by atoms with van der Waals surface area (Å²) in [5, 5.41) is 3.64. The molecule has 0 aliphatic rings. The van der Waals surface area contributed by atoms with Crippen molar-refractivity contribution in [2.75, 3.05) is 0 Å². The normalized spacial score (nSPS) is 11.6. The molecule has 0 fully saturated rings. The Balaban J connectivity index is 0.871. The van der Waals surface area contributed by atoms with Crippen molar-refractivity contribution in [1.82, 2.24) is 29.1 Å². The summed E-state index contributed by atoms with van der Waals surface area (Å²) in [6.07, 6.45) is 0. The fourth-order valence-electron chi connectivity index (χ4n) is 10.9. The number of hydrogen-bond acceptors (Lipinski definition) is 4. The SMILES string of the molecule is Fc1c(F)c(-n2c3ccccc3c3c(-c4ccc(-c5cc(-c6cccc(-n7c8ccccc8c8ccccc87)c6)cc(-c6ccccc6)n5)cc4)cccc32)c(F)c(F)c1-c1nc(-c2ccccc2)nc(-c2ccccc2)n1. The minimum Gasteiger partial charge on any atom is -0.309 e. The highest BCUT2D eigenvalue weighted by Gasteiger charge is 2.32. The van der Waals surface area contributed by atoms with E-state index in [-0.39, 0.29) is 11.6 Å². The van der Waals surface area contributed by atoms with Gasteiger partial charge in [-0.2, -0.15) is 0 Å². The molecule has 0 saturated heterocycles. The van der Waals surface area contributed by atoms with Gasteiger partial charge < -0.3 is 9.13 Å². The first kappa shape index (κ1) is 46.2. The maximum Gasteiger partial charge on any atom is 0.186 e. The first-order valence-electron chi connectivity index (χ1n) is 25.4. The van der Waals surface area contributed by atoms with E-state index < -0.39 is 40.3 Å². The molecule has 0 saturated carbocycles. The van der Waals surface area contributed by atoms with E-state index in [1.165, 1.54) is 15.3 Å². The van der Waals surface area contributed by atoms with Gasteiger partial charge in [-0.05, 0) is 70.8 Å². The zero-order chi connectivity index (χ0) is 52.4. The van der Waals surface area contributed by atoms with Gasteiger partial charge in [0.05, 0.1) is 39.0 Å². The van der Waals surface area contributed by atoms with E-state index in [4.69, 9.17) is 4.98 Å². The second kappa shape index (κ2) is 18.8. The minimum absolute atomic E-state index is 0.0745. The summed E-state index contributed by atoms with van der Waals surface area (Å²) in [6.45, 7) is 0. The van der Waals surface area contributed by atoms with Crippen molar-refractivity contribution in [3.63, 3.8) is 0 Å². The lowest BCUT2D eigenvalue weighted by Crippen LogP contribution is -2.11. The number of para-hydroxylation sites is 3. The van der Waals surface area contributed by atoms with Gasteiger partial charge in [-0.1, -0.05) is 194 Å². The maximum atomic E-state index is 17.1. The molecule has 0 bridgehead atoms. The van der Waals surface area contributed by atoms with Crippen LogP contribution < -0.4 is 0 Å². The molecule has 0 aliphatic carbocycles. The third-order valence-corrected chi connectivity index (χ3v) is 14.5. The molecule has 0 radical (unpaired) electrons. The fourth-order valence-corrected chi connectivity index (χ4v) is 10.9. The van der Waals surface area contributed by atoms with E-state index in [0.29, 0.717) is 32.9 Å². The first-order chi connectivity index (χ1) is 38.4. The topological polar surface area (TPSA) is 61.4 Å². The van der Waals surface area contributed by atoms with Gasteiger partial charge in [0.15, 0.2) is 40.7 Å². The zero-order valence-electron chi connectivity index (χ0n) is 41.3. The lowest BCUT2D eigenvalue weighted by atomic mass is 9.96. The molecule has 4 heterocycles. The largest absolute Gasteiger partial charge is 0.309 e. The predicted molar refractivity (Wildman–Crippen MR) is 304 cm³/mol. The first-order valence-corrected chi connectivity index (χ1v) is 25.4. The van der Waals surface area contributed by atoms with Crippen LogP contribution in [0.5, 0.6) is 0 Å². The van der Waals surface area contributed by atoms with Crippen molar-refractivity contribution in [3.05, 3.63) is 266 Å². The van der Waals surface area contributed by atoms with Crippen LogP contribution in [-0.2, 0) is 0 Å². The van der Waals surface area contributed by atoms with Crippen molar-refractivity contribution in [2.45, 2.75) is 0 Å². The van der Waals surface area contributed by atoms with Gasteiger partial charge in [0.25, 0.3) is 0 Å². The second-order valence-electron chi connectivity index (χ2n) is 19.1. The zero-order valence-corrected chi connectivity index (χ0v) is 41.3. The summed E-state index contributed by atoms with van der Waals surface area (Å²) in [7, 11) is 0. The van der Waals surface area contributed by atoms with Gasteiger partial charge in [-0.25, -0.2) is 37.5 Å². The highest BCUT2D eigenvalue weighted by atomic mass is 19.2. The molecule has 10 aromatic carbocycles. The van der Waals surface area contributed by atoms with Crippen molar-refractivity contribution in [3.8, 4) is 90.3 Å². The standard InChI is InChI=1S/C68H40F4N6/c69-61-60(68-75-66(44-20-6-2-7-21-44)74-67(76-68)45-22-8-3-9-23-45)62(70)64(72)65(63(61)71)78-57-32-15-12-28-52(57)59-49(29-17-33-58(59)78)41-34-36-43(37-35-41)54-40-47(39-53(73-54)42-18-4-1-5-19-42)46-24-16-25-48(38-46)77-55-30-13-10-26-50(55)51-27-11-14-31-56(51)77/h1-40H. The molecule has 0 atom stereocenters. The Labute approximate surface area is 444 Å². The van der Waals surface area contributed by atoms with Gasteiger partial charge in [-0.15, -0.1) is 0 Å². The molecule has 370 valence electrons. The molecule has 14 aromatic rings. The van der Waals surface area contributed by atoms with Gasteiger partial charge in [0.1, 0.15) is 5.69 Å². The van der Waals surface area contributed by atoms with Crippen LogP contribution in [-0.4, -0.2) is 29.1 Å². The second-order valence-corrected chi connectivity index (χ2v) is 19.1. The minimum atomic E-state index is -1.64. The average Bonchev–Trinajstić information content (AvgIpc) is 4.23. The highest BCUT2D eigenvalue weighted by Crippen LogP contribution is 2.43. The summed E-state index contributed by atoms with van der Waals surface area (Å²) in [6, 6.07) is 77.8. The summed E-state index contributed by atoms with van der Waals surface area (Å²) >= 11 is 0. The third-order valence-electron chi connectivity index (χ3n) is 14.5. The van der Waals surface area contributed by atoms with Gasteiger partial charge in [-0.3, -0.25) is 0 Å². The molecule has 0 unspecified atom stereocenters. The van der Waals surface area contributed by atoms with Crippen molar-refractivity contribution >= 4 is 43.6 Å². The predicted octanol–water partition coefficient (Wildman–Crippen LogP) is 17.7. The van der Waals surface area contributed by atoms with Crippen LogP contribution in [0, 0.1) is 23.3 Å². The Morgan fingerprint density at radius 3 is 1.29 bits per heavy atom. The average molecular weight is 1020 g/mol. The molecule has 4 aromatic heterocycles. The van der Waals surface area contributed by atoms with Crippen LogP contribution in [0.4, 0.5) is 17.6 Å². The fraction of sp³-hybridized carbons (Fsp3) is 0. The molecular weight excluding hydrogens is 977 g/mol. The molecular formula is C68H40F4N6. The molecule has 78 heavy (non-hydrogen) atoms. The highest BCUT2D eigenvalue weighted by molar-refractivity contribution is 6.16. The molecule has 0 amide bonds. The van der Waals surface area contributed by atoms with Crippen molar-refractivity contribution < 1.29 is 17.6 Å². The smallest absolute Gasteiger partial charge is 0.186 e. The molecule has 0 N–H and O–H groups in total. The van der Waals surface area contributed by atoms with Crippen LogP contribution in [0.3, 0.4) is 0 Å². The Hall–Kier alpha value is -10.3. The number of hydrogen-bond donors (Lipinski definition) is 0. The molecule has 0 aliphatic heterocycles. The summed E-state index contributed by atoms with van der Waals surface area (Å²) in [5.41, 5.74) is 10.0. The Kier molecular flexibility index (Phi) is 11.1. The Morgan fingerprint density at radius 2 is 0.718 bits per heavy atom. The van der Waals surface area contributed by atoms with Crippen LogP contribution in [0.2, 0.25) is 0 Å². The Morgan fingerprint density at radius 1 is 0.282 bits per heavy atom. The van der Waals surface area contributed by atoms with Gasteiger partial charge >= 0.3 is 0 Å². The Bertz CT molecular complexity index is 4510. The van der Waals surface area contributed by atoms with Crippen molar-refractivity contribution in [1.29, 1.82) is 0 Å². The lowest BCUT2D eigenvalue weighted by Gasteiger charge is -2.15. The van der Waals surface area contributed by atoms with Crippen LogP contribution in [0.1, 0.15) is 0 Å². The van der Waals surface area contributed by atoms with E-state index >= 15 is 17.6 Å². The number of aromatic nitrogens is 6.